The van der Waals surface area contributed by atoms with Gasteiger partial charge in [0.15, 0.2) is 0 Å². The predicted octanol–water partition coefficient (Wildman–Crippen LogP) is 5.64. The van der Waals surface area contributed by atoms with Gasteiger partial charge in [-0.1, -0.05) is 60.4 Å². The van der Waals surface area contributed by atoms with Gasteiger partial charge in [-0.05, 0) is 60.4 Å². The molecular formula is C33H22N4O3. The zero-order chi connectivity index (χ0) is 27.1. The maximum absolute atomic E-state index is 12.6. The summed E-state index contributed by atoms with van der Waals surface area (Å²) in [5.41, 5.74) is 5.52. The summed E-state index contributed by atoms with van der Waals surface area (Å²) in [5.74, 6) is 12.6. The van der Waals surface area contributed by atoms with E-state index < -0.39 is 6.16 Å². The predicted molar refractivity (Wildman–Crippen MR) is 150 cm³/mol. The molecule has 0 fully saturated rings. The molecule has 0 saturated carbocycles. The number of nitrogens with zero attached hydrogens (tertiary/aromatic N) is 4. The molecule has 6 rings (SSSR count). The smallest absolute Gasteiger partial charge is 0.428 e. The first-order chi connectivity index (χ1) is 19.7. The molecule has 0 aliphatic rings. The number of pyridine rings is 2. The topological polar surface area (TPSA) is 70.1 Å². The Bertz CT molecular complexity index is 1790. The quantitative estimate of drug-likeness (QED) is 0.222. The molecule has 40 heavy (non-hydrogen) atoms. The largest absolute Gasteiger partial charge is 0.509 e. The van der Waals surface area contributed by atoms with Crippen LogP contribution in [0.15, 0.2) is 109 Å². The van der Waals surface area contributed by atoms with E-state index in [4.69, 9.17) is 9.47 Å². The highest BCUT2D eigenvalue weighted by Crippen LogP contribution is 2.16. The Morgan fingerprint density at radius 3 is 1.45 bits per heavy atom. The van der Waals surface area contributed by atoms with Crippen molar-refractivity contribution in [3.63, 3.8) is 0 Å². The fraction of sp³-hybridized carbons (Fsp3) is 0.0606. The van der Waals surface area contributed by atoms with Crippen LogP contribution >= 0.6 is 0 Å². The van der Waals surface area contributed by atoms with Crippen LogP contribution in [0.25, 0.3) is 11.3 Å². The summed E-state index contributed by atoms with van der Waals surface area (Å²) in [6.45, 7) is -0.184. The molecule has 4 heterocycles. The lowest BCUT2D eigenvalue weighted by Crippen LogP contribution is -2.09. The summed E-state index contributed by atoms with van der Waals surface area (Å²) in [6, 6.07) is 30.7. The second-order valence-corrected chi connectivity index (χ2v) is 8.73. The Morgan fingerprint density at radius 1 is 0.575 bits per heavy atom. The summed E-state index contributed by atoms with van der Waals surface area (Å²) < 4.78 is 14.6. The number of hydrogen-bond acceptors (Lipinski definition) is 5. The first-order valence-corrected chi connectivity index (χ1v) is 12.6. The number of hydrogen-bond donors (Lipinski definition) is 0. The lowest BCUT2D eigenvalue weighted by atomic mass is 10.2. The molecule has 0 atom stereocenters. The van der Waals surface area contributed by atoms with Crippen molar-refractivity contribution in [2.45, 2.75) is 13.2 Å². The molecule has 192 valence electrons. The molecule has 4 aromatic heterocycles. The monoisotopic (exact) mass is 522 g/mol. The molecule has 0 amide bonds. The van der Waals surface area contributed by atoms with Gasteiger partial charge in [-0.2, -0.15) is 0 Å². The minimum absolute atomic E-state index is 0.0921. The van der Waals surface area contributed by atoms with Crippen molar-refractivity contribution in [2.24, 2.45) is 0 Å². The molecular weight excluding hydrogens is 500 g/mol. The fourth-order valence-corrected chi connectivity index (χ4v) is 4.16. The van der Waals surface area contributed by atoms with Crippen molar-refractivity contribution < 1.29 is 14.3 Å². The van der Waals surface area contributed by atoms with Crippen molar-refractivity contribution in [3.8, 4) is 23.7 Å². The Labute approximate surface area is 230 Å². The fourth-order valence-electron chi connectivity index (χ4n) is 4.16. The lowest BCUT2D eigenvalue weighted by molar-refractivity contribution is 0.0431. The summed E-state index contributed by atoms with van der Waals surface area (Å²) in [7, 11) is 0. The lowest BCUT2D eigenvalue weighted by Gasteiger charge is -2.05. The van der Waals surface area contributed by atoms with Crippen molar-refractivity contribution >= 4 is 17.4 Å². The van der Waals surface area contributed by atoms with E-state index in [0.717, 1.165) is 11.1 Å². The Balaban J connectivity index is 1.19. The van der Waals surface area contributed by atoms with E-state index >= 15 is 0 Å². The molecule has 0 unspecified atom stereocenters. The summed E-state index contributed by atoms with van der Waals surface area (Å²) in [6.07, 6.45) is 2.92. The maximum atomic E-state index is 12.6. The molecule has 7 heteroatoms. The zero-order valence-electron chi connectivity index (χ0n) is 21.3. The van der Waals surface area contributed by atoms with Crippen molar-refractivity contribution in [1.82, 2.24) is 18.8 Å². The second-order valence-electron chi connectivity index (χ2n) is 8.73. The summed E-state index contributed by atoms with van der Waals surface area (Å²) >= 11 is 0. The zero-order valence-corrected chi connectivity index (χ0v) is 21.3. The third-order valence-corrected chi connectivity index (χ3v) is 6.06. The first-order valence-electron chi connectivity index (χ1n) is 12.6. The van der Waals surface area contributed by atoms with Crippen LogP contribution in [-0.4, -0.2) is 24.9 Å². The minimum Gasteiger partial charge on any atom is -0.428 e. The molecule has 7 nitrogen and oxygen atoms in total. The normalized spacial score (nSPS) is 10.4. The molecule has 0 bridgehead atoms. The molecule has 0 saturated heterocycles. The van der Waals surface area contributed by atoms with Gasteiger partial charge in [0.1, 0.15) is 47.3 Å². The number of benzene rings is 2. The van der Waals surface area contributed by atoms with Gasteiger partial charge >= 0.3 is 6.16 Å². The van der Waals surface area contributed by atoms with E-state index in [1.807, 2.05) is 118 Å². The third kappa shape index (κ3) is 5.40. The van der Waals surface area contributed by atoms with Crippen LogP contribution in [0.1, 0.15) is 33.9 Å². The number of fused-ring (bicyclic) bond motifs is 2. The highest BCUT2D eigenvalue weighted by molar-refractivity contribution is 5.61. The number of carbonyl (C=O) groups excluding carboxylic acids is 1. The number of aromatic nitrogens is 4. The number of imidazole rings is 2. The molecule has 2 aromatic carbocycles. The van der Waals surface area contributed by atoms with Crippen LogP contribution in [0, 0.1) is 23.7 Å². The third-order valence-electron chi connectivity index (χ3n) is 6.06. The molecule has 0 spiro atoms. The van der Waals surface area contributed by atoms with Crippen LogP contribution in [0.5, 0.6) is 0 Å². The van der Waals surface area contributed by atoms with E-state index in [1.54, 1.807) is 0 Å². The standard InChI is InChI=1S/C33H22N4O3/c38-33(39-23-27-29(19-17-25-11-3-1-4-12-25)36-21-9-7-15-31(36)34-27)40-24-28-30(20-18-26-13-5-2-6-14-26)37-22-10-8-16-32(37)35-28/h1-16,21-22H,23-24H2. The average Bonchev–Trinajstić information content (AvgIpc) is 3.55. The Hall–Kier alpha value is -5.79. The van der Waals surface area contributed by atoms with Gasteiger partial charge in [0.25, 0.3) is 0 Å². The van der Waals surface area contributed by atoms with Gasteiger partial charge in [-0.3, -0.25) is 8.80 Å². The van der Waals surface area contributed by atoms with E-state index in [0.29, 0.717) is 34.1 Å². The Kier molecular flexibility index (Phi) is 6.94. The SMILES string of the molecule is O=C(OCc1nc2ccccn2c1C#Cc1ccccc1)OCc1nc2ccccn2c1C#Cc1ccccc1. The molecule has 6 aromatic rings. The van der Waals surface area contributed by atoms with Crippen LogP contribution < -0.4 is 0 Å². The van der Waals surface area contributed by atoms with E-state index in [9.17, 15) is 4.79 Å². The maximum Gasteiger partial charge on any atom is 0.509 e. The van der Waals surface area contributed by atoms with Gasteiger partial charge in [0.2, 0.25) is 0 Å². The van der Waals surface area contributed by atoms with Crippen molar-refractivity contribution in [2.75, 3.05) is 0 Å². The minimum atomic E-state index is -0.835. The molecule has 0 aliphatic heterocycles. The first kappa shape index (κ1) is 24.5. The summed E-state index contributed by atoms with van der Waals surface area (Å²) in [5, 5.41) is 0. The van der Waals surface area contributed by atoms with Crippen LogP contribution in [0.4, 0.5) is 4.79 Å². The summed E-state index contributed by atoms with van der Waals surface area (Å²) in [4.78, 5) is 21.8. The van der Waals surface area contributed by atoms with E-state index in [2.05, 4.69) is 33.6 Å². The number of carbonyl (C=O) groups is 1. The van der Waals surface area contributed by atoms with Gasteiger partial charge < -0.3 is 9.47 Å². The van der Waals surface area contributed by atoms with Gasteiger partial charge in [0.05, 0.1) is 0 Å². The van der Waals surface area contributed by atoms with Gasteiger partial charge in [0, 0.05) is 23.5 Å². The highest BCUT2D eigenvalue weighted by atomic mass is 16.7. The van der Waals surface area contributed by atoms with Crippen molar-refractivity contribution in [1.29, 1.82) is 0 Å². The second kappa shape index (κ2) is 11.3. The van der Waals surface area contributed by atoms with Crippen molar-refractivity contribution in [3.05, 3.63) is 143 Å². The Morgan fingerprint density at radius 2 is 1.00 bits per heavy atom. The number of rotatable bonds is 4. The number of ether oxygens (including phenoxy) is 2. The highest BCUT2D eigenvalue weighted by Gasteiger charge is 2.16. The van der Waals surface area contributed by atoms with Crippen LogP contribution in [0.3, 0.4) is 0 Å². The average molecular weight is 523 g/mol. The van der Waals surface area contributed by atoms with Crippen LogP contribution in [0.2, 0.25) is 0 Å². The van der Waals surface area contributed by atoms with Gasteiger partial charge in [-0.25, -0.2) is 14.8 Å². The molecule has 0 N–H and O–H groups in total. The van der Waals surface area contributed by atoms with Gasteiger partial charge in [-0.15, -0.1) is 0 Å². The van der Waals surface area contributed by atoms with E-state index in [-0.39, 0.29) is 13.2 Å². The molecule has 0 radical (unpaired) electrons. The molecule has 0 aliphatic carbocycles. The van der Waals surface area contributed by atoms with E-state index in [1.165, 1.54) is 0 Å². The van der Waals surface area contributed by atoms with Crippen LogP contribution in [-0.2, 0) is 22.7 Å².